The largest absolute Gasteiger partial charge is 0.480 e. The Morgan fingerprint density at radius 3 is 2.59 bits per heavy atom. The molecule has 2 rings (SSSR count). The van der Waals surface area contributed by atoms with Gasteiger partial charge in [0.1, 0.15) is 0 Å². The first kappa shape index (κ1) is 17.0. The van der Waals surface area contributed by atoms with Crippen LogP contribution in [0.1, 0.15) is 33.6 Å². The molecule has 0 atom stereocenters. The van der Waals surface area contributed by atoms with Crippen LogP contribution in [-0.2, 0) is 4.79 Å². The van der Waals surface area contributed by atoms with Gasteiger partial charge in [0, 0.05) is 24.5 Å². The Hall–Kier alpha value is -1.37. The summed E-state index contributed by atoms with van der Waals surface area (Å²) >= 11 is 3.35. The number of nitrogens with zero attached hydrogens (tertiary/aromatic N) is 3. The quantitative estimate of drug-likeness (QED) is 0.884. The molecule has 6 nitrogen and oxygen atoms in total. The lowest BCUT2D eigenvalue weighted by molar-refractivity contribution is -0.129. The Bertz CT molecular complexity index is 537. The lowest BCUT2D eigenvalue weighted by atomic mass is 9.94. The molecule has 1 aliphatic heterocycles. The number of anilines is 1. The molecule has 0 radical (unpaired) electrons. The fraction of sp³-hybridized carbons (Fsp3) is 0.667. The highest BCUT2D eigenvalue weighted by Gasteiger charge is 2.27. The Morgan fingerprint density at radius 1 is 1.41 bits per heavy atom. The van der Waals surface area contributed by atoms with Gasteiger partial charge in [-0.15, -0.1) is 0 Å². The van der Waals surface area contributed by atoms with Crippen LogP contribution in [0.3, 0.4) is 0 Å². The van der Waals surface area contributed by atoms with Crippen molar-refractivity contribution in [3.8, 4) is 5.88 Å². The van der Waals surface area contributed by atoms with Crippen LogP contribution in [0.15, 0.2) is 10.7 Å². The number of hydrogen-bond acceptors (Lipinski definition) is 5. The van der Waals surface area contributed by atoms with E-state index in [1.165, 1.54) is 0 Å². The van der Waals surface area contributed by atoms with Crippen LogP contribution in [0.4, 0.5) is 5.95 Å². The second-order valence-corrected chi connectivity index (χ2v) is 7.37. The summed E-state index contributed by atoms with van der Waals surface area (Å²) in [6.45, 7) is 7.43. The summed E-state index contributed by atoms with van der Waals surface area (Å²) in [4.78, 5) is 22.9. The van der Waals surface area contributed by atoms with E-state index in [0.29, 0.717) is 11.8 Å². The van der Waals surface area contributed by atoms with Crippen LogP contribution in [-0.4, -0.2) is 42.1 Å². The third-order valence-electron chi connectivity index (χ3n) is 3.69. The van der Waals surface area contributed by atoms with Gasteiger partial charge >= 0.3 is 0 Å². The standard InChI is InChI=1S/C15H23BrN4O2/c1-15(2,3)13(21)18-10-5-7-20(8-6-10)14-17-9-11(16)12(19-14)22-4/h9-10H,5-8H2,1-4H3,(H,18,21). The van der Waals surface area contributed by atoms with Gasteiger partial charge in [-0.2, -0.15) is 4.98 Å². The van der Waals surface area contributed by atoms with E-state index in [2.05, 4.69) is 36.1 Å². The van der Waals surface area contributed by atoms with Gasteiger partial charge in [0.25, 0.3) is 0 Å². The second-order valence-electron chi connectivity index (χ2n) is 6.51. The highest BCUT2D eigenvalue weighted by molar-refractivity contribution is 9.10. The molecular weight excluding hydrogens is 348 g/mol. The zero-order valence-electron chi connectivity index (χ0n) is 13.5. The SMILES string of the molecule is COc1nc(N2CCC(NC(=O)C(C)(C)C)CC2)ncc1Br. The molecule has 0 spiro atoms. The minimum Gasteiger partial charge on any atom is -0.480 e. The van der Waals surface area contributed by atoms with E-state index in [9.17, 15) is 4.79 Å². The molecule has 1 amide bonds. The van der Waals surface area contributed by atoms with E-state index >= 15 is 0 Å². The lowest BCUT2D eigenvalue weighted by Gasteiger charge is -2.33. The van der Waals surface area contributed by atoms with Crippen LogP contribution >= 0.6 is 15.9 Å². The topological polar surface area (TPSA) is 67.3 Å². The number of halogens is 1. The average molecular weight is 371 g/mol. The maximum Gasteiger partial charge on any atom is 0.232 e. The van der Waals surface area contributed by atoms with Crippen LogP contribution in [0.2, 0.25) is 0 Å². The summed E-state index contributed by atoms with van der Waals surface area (Å²) in [5, 5.41) is 3.12. The number of carbonyl (C=O) groups is 1. The molecule has 1 aromatic rings. The van der Waals surface area contributed by atoms with Crippen molar-refractivity contribution in [1.82, 2.24) is 15.3 Å². The summed E-state index contributed by atoms with van der Waals surface area (Å²) in [6.07, 6.45) is 3.49. The summed E-state index contributed by atoms with van der Waals surface area (Å²) in [5.41, 5.74) is -0.348. The maximum absolute atomic E-state index is 12.0. The number of amides is 1. The van der Waals surface area contributed by atoms with Crippen molar-refractivity contribution in [3.63, 3.8) is 0 Å². The van der Waals surface area contributed by atoms with Gasteiger partial charge in [0.05, 0.1) is 17.8 Å². The van der Waals surface area contributed by atoms with Crippen molar-refractivity contribution in [2.24, 2.45) is 5.41 Å². The van der Waals surface area contributed by atoms with Gasteiger partial charge in [-0.25, -0.2) is 4.98 Å². The molecule has 122 valence electrons. The first-order chi connectivity index (χ1) is 10.3. The van der Waals surface area contributed by atoms with Crippen molar-refractivity contribution in [1.29, 1.82) is 0 Å². The molecule has 0 aliphatic carbocycles. The normalized spacial score (nSPS) is 16.5. The van der Waals surface area contributed by atoms with Gasteiger partial charge < -0.3 is 15.0 Å². The van der Waals surface area contributed by atoms with Gasteiger partial charge in [-0.1, -0.05) is 20.8 Å². The molecule has 1 N–H and O–H groups in total. The van der Waals surface area contributed by atoms with Crippen molar-refractivity contribution < 1.29 is 9.53 Å². The Balaban J connectivity index is 1.93. The second kappa shape index (κ2) is 6.81. The number of hydrogen-bond donors (Lipinski definition) is 1. The van der Waals surface area contributed by atoms with Gasteiger partial charge in [-0.3, -0.25) is 4.79 Å². The van der Waals surface area contributed by atoms with Crippen LogP contribution in [0.5, 0.6) is 5.88 Å². The van der Waals surface area contributed by atoms with Gasteiger partial charge in [0.15, 0.2) is 0 Å². The molecule has 2 heterocycles. The third-order valence-corrected chi connectivity index (χ3v) is 4.23. The van der Waals surface area contributed by atoms with E-state index < -0.39 is 0 Å². The minimum absolute atomic E-state index is 0.104. The number of aromatic nitrogens is 2. The molecule has 0 bridgehead atoms. The highest BCUT2D eigenvalue weighted by Crippen LogP contribution is 2.25. The van der Waals surface area contributed by atoms with E-state index in [4.69, 9.17) is 4.74 Å². The third kappa shape index (κ3) is 4.09. The van der Waals surface area contributed by atoms with Crippen molar-refractivity contribution >= 4 is 27.8 Å². The zero-order valence-corrected chi connectivity index (χ0v) is 15.1. The molecule has 1 aliphatic rings. The number of carbonyl (C=O) groups excluding carboxylic acids is 1. The molecule has 1 fully saturated rings. The van der Waals surface area contributed by atoms with Gasteiger partial charge in [-0.05, 0) is 28.8 Å². The van der Waals surface area contributed by atoms with E-state index in [-0.39, 0.29) is 17.4 Å². The monoisotopic (exact) mass is 370 g/mol. The van der Waals surface area contributed by atoms with Crippen LogP contribution in [0.25, 0.3) is 0 Å². The number of ether oxygens (including phenoxy) is 1. The number of piperidine rings is 1. The number of rotatable bonds is 3. The fourth-order valence-electron chi connectivity index (χ4n) is 2.26. The molecular formula is C15H23BrN4O2. The molecule has 1 saturated heterocycles. The fourth-order valence-corrected chi connectivity index (χ4v) is 2.62. The zero-order chi connectivity index (χ0) is 16.3. The van der Waals surface area contributed by atoms with Crippen LogP contribution < -0.4 is 15.0 Å². The van der Waals surface area contributed by atoms with Crippen molar-refractivity contribution in [2.45, 2.75) is 39.7 Å². The average Bonchev–Trinajstić information content (AvgIpc) is 2.47. The Kier molecular flexibility index (Phi) is 5.26. The summed E-state index contributed by atoms with van der Waals surface area (Å²) in [5.74, 6) is 1.31. The predicted molar refractivity (Wildman–Crippen MR) is 89.1 cm³/mol. The van der Waals surface area contributed by atoms with Gasteiger partial charge in [0.2, 0.25) is 17.7 Å². The first-order valence-corrected chi connectivity index (χ1v) is 8.23. The van der Waals surface area contributed by atoms with Crippen LogP contribution in [0, 0.1) is 5.41 Å². The molecule has 22 heavy (non-hydrogen) atoms. The molecule has 0 unspecified atom stereocenters. The number of nitrogens with one attached hydrogen (secondary N) is 1. The number of methoxy groups -OCH3 is 1. The minimum atomic E-state index is -0.348. The summed E-state index contributed by atoms with van der Waals surface area (Å²) < 4.78 is 5.95. The lowest BCUT2D eigenvalue weighted by Crippen LogP contribution is -2.48. The Morgan fingerprint density at radius 2 is 2.05 bits per heavy atom. The molecule has 1 aromatic heterocycles. The van der Waals surface area contributed by atoms with E-state index in [1.54, 1.807) is 13.3 Å². The molecule has 7 heteroatoms. The predicted octanol–water partition coefficient (Wildman–Crippen LogP) is 2.38. The van der Waals surface area contributed by atoms with Crippen molar-refractivity contribution in [2.75, 3.05) is 25.1 Å². The van der Waals surface area contributed by atoms with E-state index in [0.717, 1.165) is 30.4 Å². The van der Waals surface area contributed by atoms with E-state index in [1.807, 2.05) is 20.8 Å². The maximum atomic E-state index is 12.0. The van der Waals surface area contributed by atoms with Crippen molar-refractivity contribution in [3.05, 3.63) is 10.7 Å². The smallest absolute Gasteiger partial charge is 0.232 e. The first-order valence-electron chi connectivity index (χ1n) is 7.43. The molecule has 0 saturated carbocycles. The Labute approximate surface area is 139 Å². The highest BCUT2D eigenvalue weighted by atomic mass is 79.9. The summed E-state index contributed by atoms with van der Waals surface area (Å²) in [6, 6.07) is 0.223. The molecule has 0 aromatic carbocycles. The summed E-state index contributed by atoms with van der Waals surface area (Å²) in [7, 11) is 1.59.